The fraction of sp³-hybridized carbons (Fsp3) is 0.429. The van der Waals surface area contributed by atoms with Crippen LogP contribution in [0.3, 0.4) is 0 Å². The monoisotopic (exact) mass is 358 g/mol. The quantitative estimate of drug-likeness (QED) is 0.589. The first kappa shape index (κ1) is 15.3. The van der Waals surface area contributed by atoms with Gasteiger partial charge in [-0.2, -0.15) is 0 Å². The number of nitrogens with zero attached hydrogens (tertiary/aromatic N) is 2. The molecule has 0 spiro atoms. The summed E-state index contributed by atoms with van der Waals surface area (Å²) in [6, 6.07) is 4.04. The van der Waals surface area contributed by atoms with Gasteiger partial charge in [0.2, 0.25) is 0 Å². The van der Waals surface area contributed by atoms with E-state index in [9.17, 15) is 4.79 Å². The second kappa shape index (κ2) is 7.06. The molecule has 0 fully saturated rings. The topological polar surface area (TPSA) is 42.4 Å². The normalized spacial score (nSPS) is 10.6. The molecule has 0 unspecified atom stereocenters. The van der Waals surface area contributed by atoms with Gasteiger partial charge >= 0.3 is 129 Å². The Morgan fingerprint density at radius 2 is 2.15 bits per heavy atom. The number of carbonyl (C=O) groups is 1. The summed E-state index contributed by atoms with van der Waals surface area (Å²) in [4.78, 5) is 20.0. The molecule has 0 amide bonds. The van der Waals surface area contributed by atoms with Gasteiger partial charge in [-0.3, -0.25) is 0 Å². The van der Waals surface area contributed by atoms with Crippen molar-refractivity contribution >= 4 is 36.5 Å². The van der Waals surface area contributed by atoms with Crippen LogP contribution in [-0.4, -0.2) is 45.2 Å². The zero-order valence-corrected chi connectivity index (χ0v) is 14.4. The third kappa shape index (κ3) is 3.14. The Balaban J connectivity index is 2.44. The van der Waals surface area contributed by atoms with Gasteiger partial charge in [-0.15, -0.1) is 0 Å². The molecule has 2 aromatic rings. The van der Waals surface area contributed by atoms with Crippen molar-refractivity contribution in [1.82, 2.24) is 4.98 Å². The molecule has 2 rings (SSSR count). The van der Waals surface area contributed by atoms with E-state index in [1.165, 1.54) is 0 Å². The first-order valence-electron chi connectivity index (χ1n) is 6.67. The number of ether oxygens (including phenoxy) is 1. The first-order chi connectivity index (χ1) is 9.71. The molecule has 108 valence electrons. The summed E-state index contributed by atoms with van der Waals surface area (Å²) in [7, 11) is 0. The van der Waals surface area contributed by atoms with Crippen LogP contribution in [0.5, 0.6) is 0 Å². The van der Waals surface area contributed by atoms with E-state index in [1.807, 2.05) is 24.4 Å². The number of esters is 1. The van der Waals surface area contributed by atoms with Crippen LogP contribution in [0.2, 0.25) is 0 Å². The van der Waals surface area contributed by atoms with E-state index in [4.69, 9.17) is 4.74 Å². The van der Waals surface area contributed by atoms with Crippen molar-refractivity contribution in [2.45, 2.75) is 20.8 Å². The van der Waals surface area contributed by atoms with Crippen molar-refractivity contribution < 1.29 is 9.53 Å². The molecule has 20 heavy (non-hydrogen) atoms. The Bertz CT molecular complexity index is 562. The SMILES string of the molecule is CCOC(=O)c1nc(N(CC)CC)[se]c1-c1cccs1. The summed E-state index contributed by atoms with van der Waals surface area (Å²) >= 11 is 1.71. The predicted octanol–water partition coefficient (Wildman–Crippen LogP) is 2.89. The average Bonchev–Trinajstić information content (AvgIpc) is 3.09. The first-order valence-corrected chi connectivity index (χ1v) is 9.27. The van der Waals surface area contributed by atoms with Crippen LogP contribution in [-0.2, 0) is 4.74 Å². The number of carbonyl (C=O) groups excluding carboxylic acids is 1. The molecular formula is C14H18N2O2SSe. The predicted molar refractivity (Wildman–Crippen MR) is 84.0 cm³/mol. The maximum atomic E-state index is 12.1. The van der Waals surface area contributed by atoms with Gasteiger partial charge in [0.25, 0.3) is 0 Å². The molecule has 0 atom stereocenters. The number of rotatable bonds is 6. The number of aromatic nitrogens is 1. The van der Waals surface area contributed by atoms with Gasteiger partial charge < -0.3 is 0 Å². The standard InChI is InChI=1S/C14H18N2O2SSe/c1-4-16(5-2)14-15-11(13(17)18-6-3)12(20-14)10-8-7-9-19-10/h7-9H,4-6H2,1-3H3. The van der Waals surface area contributed by atoms with E-state index < -0.39 is 0 Å². The maximum absolute atomic E-state index is 12.1. The number of thiophene rings is 1. The summed E-state index contributed by atoms with van der Waals surface area (Å²) in [5.74, 6) is -0.306. The molecule has 0 radical (unpaired) electrons. The van der Waals surface area contributed by atoms with Gasteiger partial charge in [0.15, 0.2) is 0 Å². The summed E-state index contributed by atoms with van der Waals surface area (Å²) < 4.78 is 7.21. The van der Waals surface area contributed by atoms with Gasteiger partial charge in [0.1, 0.15) is 0 Å². The van der Waals surface area contributed by atoms with E-state index in [1.54, 1.807) is 11.3 Å². The Kier molecular flexibility index (Phi) is 5.40. The molecule has 2 heterocycles. The molecule has 0 aromatic carbocycles. The van der Waals surface area contributed by atoms with E-state index in [0.717, 1.165) is 27.1 Å². The molecule has 0 aliphatic carbocycles. The minimum absolute atomic E-state index is 0.0684. The van der Waals surface area contributed by atoms with Crippen molar-refractivity contribution in [1.29, 1.82) is 0 Å². The molecular weight excluding hydrogens is 339 g/mol. The summed E-state index contributed by atoms with van der Waals surface area (Å²) in [6.07, 6.45) is 0. The van der Waals surface area contributed by atoms with Crippen molar-refractivity contribution in [3.8, 4) is 9.31 Å². The van der Waals surface area contributed by atoms with Gasteiger partial charge in [-0.05, 0) is 0 Å². The van der Waals surface area contributed by atoms with Crippen LogP contribution >= 0.6 is 11.3 Å². The Morgan fingerprint density at radius 3 is 2.70 bits per heavy atom. The molecule has 0 saturated carbocycles. The minimum atomic E-state index is -0.306. The molecule has 4 nitrogen and oxygen atoms in total. The van der Waals surface area contributed by atoms with Gasteiger partial charge in [0.05, 0.1) is 0 Å². The van der Waals surface area contributed by atoms with E-state index in [0.29, 0.717) is 12.3 Å². The Labute approximate surface area is 129 Å². The number of anilines is 1. The van der Waals surface area contributed by atoms with Gasteiger partial charge in [-0.1, -0.05) is 0 Å². The molecule has 2 aromatic heterocycles. The molecule has 0 aliphatic rings. The van der Waals surface area contributed by atoms with Crippen LogP contribution in [0.25, 0.3) is 9.31 Å². The van der Waals surface area contributed by atoms with Crippen molar-refractivity contribution in [2.75, 3.05) is 24.6 Å². The molecule has 0 bridgehead atoms. The molecule has 0 saturated heterocycles. The fourth-order valence-electron chi connectivity index (χ4n) is 1.85. The number of hydrogen-bond acceptors (Lipinski definition) is 5. The zero-order chi connectivity index (χ0) is 14.5. The summed E-state index contributed by atoms with van der Waals surface area (Å²) in [6.45, 7) is 8.22. The van der Waals surface area contributed by atoms with Crippen molar-refractivity contribution in [2.24, 2.45) is 0 Å². The second-order valence-electron chi connectivity index (χ2n) is 4.04. The fourth-order valence-corrected chi connectivity index (χ4v) is 5.34. The molecule has 6 heteroatoms. The van der Waals surface area contributed by atoms with E-state index in [2.05, 4.69) is 23.7 Å². The van der Waals surface area contributed by atoms with E-state index >= 15 is 0 Å². The molecule has 0 N–H and O–H groups in total. The molecule has 0 aliphatic heterocycles. The van der Waals surface area contributed by atoms with E-state index in [-0.39, 0.29) is 20.5 Å². The van der Waals surface area contributed by atoms with Crippen LogP contribution in [0, 0.1) is 0 Å². The van der Waals surface area contributed by atoms with Gasteiger partial charge in [-0.25, -0.2) is 0 Å². The van der Waals surface area contributed by atoms with Gasteiger partial charge in [0, 0.05) is 0 Å². The van der Waals surface area contributed by atoms with Crippen LogP contribution < -0.4 is 4.90 Å². The summed E-state index contributed by atoms with van der Waals surface area (Å²) in [5, 5.41) is 2.02. The van der Waals surface area contributed by atoms with Crippen molar-refractivity contribution in [3.05, 3.63) is 23.2 Å². The third-order valence-electron chi connectivity index (χ3n) is 2.86. The van der Waals surface area contributed by atoms with Crippen molar-refractivity contribution in [3.63, 3.8) is 0 Å². The second-order valence-corrected chi connectivity index (χ2v) is 7.04. The average molecular weight is 357 g/mol. The number of hydrogen-bond donors (Lipinski definition) is 0. The van der Waals surface area contributed by atoms with Crippen LogP contribution in [0.1, 0.15) is 31.3 Å². The Morgan fingerprint density at radius 1 is 1.40 bits per heavy atom. The third-order valence-corrected chi connectivity index (χ3v) is 6.45. The summed E-state index contributed by atoms with van der Waals surface area (Å²) in [5.41, 5.74) is 0.496. The Hall–Kier alpha value is -1.10. The van der Waals surface area contributed by atoms with Crippen LogP contribution in [0.4, 0.5) is 4.69 Å². The zero-order valence-electron chi connectivity index (χ0n) is 11.9. The van der Waals surface area contributed by atoms with Crippen LogP contribution in [0.15, 0.2) is 17.5 Å².